The van der Waals surface area contributed by atoms with Gasteiger partial charge in [-0.3, -0.25) is 4.79 Å². The molecule has 0 aromatic heterocycles. The molecule has 0 amide bonds. The van der Waals surface area contributed by atoms with Crippen LogP contribution in [-0.4, -0.2) is 50.3 Å². The van der Waals surface area contributed by atoms with E-state index in [1.54, 1.807) is 0 Å². The normalized spacial score (nSPS) is 23.9. The van der Waals surface area contributed by atoms with E-state index in [-0.39, 0.29) is 18.0 Å². The highest BCUT2D eigenvalue weighted by Crippen LogP contribution is 2.05. The molecule has 4 nitrogen and oxygen atoms in total. The molecule has 0 unspecified atom stereocenters. The third kappa shape index (κ3) is 3.64. The lowest BCUT2D eigenvalue weighted by molar-refractivity contribution is -0.153. The number of likely N-dealkylation sites (N-methyl/N-ethyl adjacent to an activating group) is 1. The summed E-state index contributed by atoms with van der Waals surface area (Å²) in [6, 6.07) is 0. The van der Waals surface area contributed by atoms with E-state index in [1.165, 1.54) is 0 Å². The second kappa shape index (κ2) is 5.32. The quantitative estimate of drug-likeness (QED) is 0.624. The molecule has 0 spiro atoms. The highest BCUT2D eigenvalue weighted by Gasteiger charge is 2.19. The number of esters is 1. The van der Waals surface area contributed by atoms with Gasteiger partial charge >= 0.3 is 5.97 Å². The molecule has 1 heterocycles. The van der Waals surface area contributed by atoms with Gasteiger partial charge in [-0.2, -0.15) is 0 Å². The molecule has 1 saturated heterocycles. The fraction of sp³-hybridized carbons (Fsp3) is 0.900. The molecule has 0 bridgehead atoms. The number of carbonyl (C=O) groups excluding carboxylic acids is 1. The zero-order valence-electron chi connectivity index (χ0n) is 9.16. The van der Waals surface area contributed by atoms with Gasteiger partial charge in [0.05, 0.1) is 12.5 Å². The van der Waals surface area contributed by atoms with E-state index in [9.17, 15) is 4.79 Å². The van der Waals surface area contributed by atoms with Crippen molar-refractivity contribution in [3.05, 3.63) is 0 Å². The van der Waals surface area contributed by atoms with E-state index in [4.69, 9.17) is 9.47 Å². The van der Waals surface area contributed by atoms with Gasteiger partial charge in [-0.05, 0) is 7.05 Å². The van der Waals surface area contributed by atoms with Crippen molar-refractivity contribution < 1.29 is 14.3 Å². The van der Waals surface area contributed by atoms with Crippen molar-refractivity contribution in [1.82, 2.24) is 4.90 Å². The molecule has 0 radical (unpaired) electrons. The largest absolute Gasteiger partial charge is 0.463 e. The van der Waals surface area contributed by atoms with Crippen molar-refractivity contribution in [2.75, 3.05) is 33.4 Å². The Morgan fingerprint density at radius 3 is 2.93 bits per heavy atom. The van der Waals surface area contributed by atoms with Gasteiger partial charge < -0.3 is 14.4 Å². The second-order valence-electron chi connectivity index (χ2n) is 4.04. The molecule has 1 aliphatic heterocycles. The summed E-state index contributed by atoms with van der Waals surface area (Å²) in [5.74, 6) is -0.210. The number of ether oxygens (including phenoxy) is 2. The smallest absolute Gasteiger partial charge is 0.308 e. The van der Waals surface area contributed by atoms with Crippen LogP contribution in [-0.2, 0) is 14.3 Å². The summed E-state index contributed by atoms with van der Waals surface area (Å²) < 4.78 is 10.6. The van der Waals surface area contributed by atoms with Crippen LogP contribution in [0.15, 0.2) is 0 Å². The molecule has 1 atom stereocenters. The lowest BCUT2D eigenvalue weighted by Crippen LogP contribution is -2.42. The maximum Gasteiger partial charge on any atom is 0.308 e. The Labute approximate surface area is 85.2 Å². The van der Waals surface area contributed by atoms with E-state index in [1.807, 2.05) is 20.9 Å². The SMILES string of the molecule is CC(C)C(=O)OC[C@H]1CN(C)CCO1. The molecule has 1 rings (SSSR count). The van der Waals surface area contributed by atoms with Crippen LogP contribution in [0.5, 0.6) is 0 Å². The molecule has 4 heteroatoms. The standard InChI is InChI=1S/C10H19NO3/c1-8(2)10(12)14-7-9-6-11(3)4-5-13-9/h8-9H,4-7H2,1-3H3/t9-/m1/s1. The zero-order chi connectivity index (χ0) is 10.6. The van der Waals surface area contributed by atoms with Crippen molar-refractivity contribution in [3.8, 4) is 0 Å². The van der Waals surface area contributed by atoms with Crippen molar-refractivity contribution in [2.45, 2.75) is 20.0 Å². The van der Waals surface area contributed by atoms with Crippen LogP contribution >= 0.6 is 0 Å². The van der Waals surface area contributed by atoms with Crippen molar-refractivity contribution >= 4 is 5.97 Å². The first-order valence-corrected chi connectivity index (χ1v) is 5.06. The van der Waals surface area contributed by atoms with Gasteiger partial charge in [0, 0.05) is 13.1 Å². The lowest BCUT2D eigenvalue weighted by Gasteiger charge is -2.29. The molecule has 0 aromatic carbocycles. The predicted molar refractivity (Wildman–Crippen MR) is 53.0 cm³/mol. The summed E-state index contributed by atoms with van der Waals surface area (Å²) in [4.78, 5) is 13.4. The number of rotatable bonds is 3. The van der Waals surface area contributed by atoms with E-state index in [2.05, 4.69) is 4.90 Å². The minimum Gasteiger partial charge on any atom is -0.463 e. The summed E-state index contributed by atoms with van der Waals surface area (Å²) in [6.45, 7) is 6.55. The average Bonchev–Trinajstić information content (AvgIpc) is 2.14. The third-order valence-corrected chi connectivity index (χ3v) is 2.22. The summed E-state index contributed by atoms with van der Waals surface area (Å²) in [6.07, 6.45) is 0.0384. The molecular weight excluding hydrogens is 182 g/mol. The van der Waals surface area contributed by atoms with Crippen LogP contribution in [0.3, 0.4) is 0 Å². The number of hydrogen-bond acceptors (Lipinski definition) is 4. The van der Waals surface area contributed by atoms with Crippen molar-refractivity contribution in [1.29, 1.82) is 0 Å². The topological polar surface area (TPSA) is 38.8 Å². The Morgan fingerprint density at radius 1 is 1.64 bits per heavy atom. The number of carbonyl (C=O) groups is 1. The Hall–Kier alpha value is -0.610. The monoisotopic (exact) mass is 201 g/mol. The van der Waals surface area contributed by atoms with E-state index in [0.29, 0.717) is 6.61 Å². The molecule has 0 N–H and O–H groups in total. The number of nitrogens with zero attached hydrogens (tertiary/aromatic N) is 1. The van der Waals surface area contributed by atoms with Gasteiger partial charge in [0.1, 0.15) is 12.7 Å². The highest BCUT2D eigenvalue weighted by molar-refractivity contribution is 5.71. The Kier molecular flexibility index (Phi) is 4.35. The number of morpholine rings is 1. The Morgan fingerprint density at radius 2 is 2.36 bits per heavy atom. The van der Waals surface area contributed by atoms with Crippen LogP contribution in [0.2, 0.25) is 0 Å². The molecular formula is C10H19NO3. The van der Waals surface area contributed by atoms with Crippen LogP contribution in [0.4, 0.5) is 0 Å². The van der Waals surface area contributed by atoms with Crippen LogP contribution in [0.25, 0.3) is 0 Å². The summed E-state index contributed by atoms with van der Waals surface area (Å²) in [5.41, 5.74) is 0. The molecule has 0 aliphatic carbocycles. The highest BCUT2D eigenvalue weighted by atomic mass is 16.6. The van der Waals surface area contributed by atoms with Gasteiger partial charge in [-0.1, -0.05) is 13.8 Å². The molecule has 82 valence electrons. The van der Waals surface area contributed by atoms with Crippen LogP contribution in [0, 0.1) is 5.92 Å². The maximum atomic E-state index is 11.2. The fourth-order valence-electron chi connectivity index (χ4n) is 1.31. The van der Waals surface area contributed by atoms with Crippen LogP contribution in [0.1, 0.15) is 13.8 Å². The number of hydrogen-bond donors (Lipinski definition) is 0. The van der Waals surface area contributed by atoms with Crippen molar-refractivity contribution in [3.63, 3.8) is 0 Å². The first-order valence-electron chi connectivity index (χ1n) is 5.06. The Balaban J connectivity index is 2.20. The minimum atomic E-state index is -0.151. The van der Waals surface area contributed by atoms with E-state index < -0.39 is 0 Å². The maximum absolute atomic E-state index is 11.2. The van der Waals surface area contributed by atoms with Gasteiger partial charge in [0.25, 0.3) is 0 Å². The lowest BCUT2D eigenvalue weighted by atomic mass is 10.2. The molecule has 0 saturated carbocycles. The molecule has 14 heavy (non-hydrogen) atoms. The molecule has 0 aromatic rings. The van der Waals surface area contributed by atoms with Crippen molar-refractivity contribution in [2.24, 2.45) is 5.92 Å². The predicted octanol–water partition coefficient (Wildman–Crippen LogP) is 0.516. The summed E-state index contributed by atoms with van der Waals surface area (Å²) in [5, 5.41) is 0. The first-order chi connectivity index (χ1) is 6.59. The first kappa shape index (κ1) is 11.5. The zero-order valence-corrected chi connectivity index (χ0v) is 9.16. The summed E-state index contributed by atoms with van der Waals surface area (Å²) in [7, 11) is 2.04. The Bertz CT molecular complexity index is 194. The fourth-order valence-corrected chi connectivity index (χ4v) is 1.31. The van der Waals surface area contributed by atoms with E-state index in [0.717, 1.165) is 19.7 Å². The minimum absolute atomic E-state index is 0.0384. The van der Waals surface area contributed by atoms with E-state index >= 15 is 0 Å². The van der Waals surface area contributed by atoms with Gasteiger partial charge in [-0.25, -0.2) is 0 Å². The van der Waals surface area contributed by atoms with Gasteiger partial charge in [0.2, 0.25) is 0 Å². The van der Waals surface area contributed by atoms with Gasteiger partial charge in [-0.15, -0.1) is 0 Å². The molecule has 1 fully saturated rings. The van der Waals surface area contributed by atoms with Gasteiger partial charge in [0.15, 0.2) is 0 Å². The average molecular weight is 201 g/mol. The van der Waals surface area contributed by atoms with Crippen LogP contribution < -0.4 is 0 Å². The second-order valence-corrected chi connectivity index (χ2v) is 4.04. The molecule has 1 aliphatic rings. The summed E-state index contributed by atoms with van der Waals surface area (Å²) >= 11 is 0. The third-order valence-electron chi connectivity index (χ3n) is 2.22.